The number of carboxylic acids is 1. The molecule has 0 amide bonds. The fourth-order valence-electron chi connectivity index (χ4n) is 4.42. The smallest absolute Gasteiger partial charge is 0.303 e. The number of piperazine rings is 1. The van der Waals surface area contributed by atoms with E-state index in [1.165, 1.54) is 57.7 Å². The number of carboxylic acid groups (broad SMARTS) is 1. The molecule has 0 unspecified atom stereocenters. The zero-order valence-corrected chi connectivity index (χ0v) is 16.6. The van der Waals surface area contributed by atoms with Crippen molar-refractivity contribution in [3.05, 3.63) is 35.9 Å². The zero-order chi connectivity index (χ0) is 18.9. The van der Waals surface area contributed by atoms with E-state index in [1.807, 2.05) is 0 Å². The maximum atomic E-state index is 10.5. The molecule has 1 aromatic carbocycles. The molecule has 0 spiro atoms. The van der Waals surface area contributed by atoms with Gasteiger partial charge in [0.25, 0.3) is 0 Å². The lowest BCUT2D eigenvalue weighted by molar-refractivity contribution is -0.137. The molecule has 5 heteroatoms. The van der Waals surface area contributed by atoms with Crippen LogP contribution in [0, 0.1) is 0 Å². The van der Waals surface area contributed by atoms with Gasteiger partial charge in [0.05, 0.1) is 0 Å². The summed E-state index contributed by atoms with van der Waals surface area (Å²) in [6.07, 6.45) is 5.88. The van der Waals surface area contributed by atoms with Gasteiger partial charge in [-0.25, -0.2) is 0 Å². The van der Waals surface area contributed by atoms with Crippen molar-refractivity contribution in [3.8, 4) is 0 Å². The summed E-state index contributed by atoms with van der Waals surface area (Å²) < 4.78 is 0. The maximum absolute atomic E-state index is 10.5. The van der Waals surface area contributed by atoms with Crippen molar-refractivity contribution in [1.29, 1.82) is 0 Å². The first-order valence-electron chi connectivity index (χ1n) is 10.7. The van der Waals surface area contributed by atoms with E-state index in [9.17, 15) is 4.79 Å². The lowest BCUT2D eigenvalue weighted by atomic mass is 10.0. The van der Waals surface area contributed by atoms with E-state index in [0.717, 1.165) is 38.4 Å². The summed E-state index contributed by atoms with van der Waals surface area (Å²) >= 11 is 0. The highest BCUT2D eigenvalue weighted by Crippen LogP contribution is 2.19. The van der Waals surface area contributed by atoms with E-state index in [4.69, 9.17) is 5.11 Å². The molecule has 3 rings (SSSR count). The van der Waals surface area contributed by atoms with Crippen LogP contribution in [-0.4, -0.2) is 77.6 Å². The van der Waals surface area contributed by atoms with Gasteiger partial charge in [0.15, 0.2) is 0 Å². The minimum Gasteiger partial charge on any atom is -0.481 e. The lowest BCUT2D eigenvalue weighted by Crippen LogP contribution is -2.53. The molecular formula is C22H35N3O2. The van der Waals surface area contributed by atoms with Crippen LogP contribution >= 0.6 is 0 Å². The highest BCUT2D eigenvalue weighted by atomic mass is 16.4. The van der Waals surface area contributed by atoms with Gasteiger partial charge < -0.3 is 10.0 Å². The number of nitrogens with zero attached hydrogens (tertiary/aromatic N) is 3. The molecule has 27 heavy (non-hydrogen) atoms. The molecule has 1 N–H and O–H groups in total. The second-order valence-corrected chi connectivity index (χ2v) is 8.07. The van der Waals surface area contributed by atoms with E-state index in [2.05, 4.69) is 45.0 Å². The van der Waals surface area contributed by atoms with Gasteiger partial charge in [0.1, 0.15) is 0 Å². The monoisotopic (exact) mass is 373 g/mol. The van der Waals surface area contributed by atoms with Gasteiger partial charge in [-0.15, -0.1) is 0 Å². The van der Waals surface area contributed by atoms with Gasteiger partial charge in [0, 0.05) is 45.2 Å². The van der Waals surface area contributed by atoms with Gasteiger partial charge in [-0.05, 0) is 50.9 Å². The summed E-state index contributed by atoms with van der Waals surface area (Å²) in [5, 5.41) is 8.69. The number of unbranched alkanes of at least 4 members (excludes halogenated alkanes) is 2. The van der Waals surface area contributed by atoms with Crippen LogP contribution in [-0.2, 0) is 11.3 Å². The molecule has 0 atom stereocenters. The largest absolute Gasteiger partial charge is 0.481 e. The molecule has 2 saturated heterocycles. The second kappa shape index (κ2) is 10.8. The highest BCUT2D eigenvalue weighted by molar-refractivity contribution is 5.66. The SMILES string of the molecule is O=C(O)CCCCCN1CCC(N2CCN(Cc3ccccc3)CC2)CC1. The van der Waals surface area contributed by atoms with Crippen molar-refractivity contribution < 1.29 is 9.90 Å². The topological polar surface area (TPSA) is 47.0 Å². The number of likely N-dealkylation sites (tertiary alicyclic amines) is 1. The average Bonchev–Trinajstić information content (AvgIpc) is 2.69. The van der Waals surface area contributed by atoms with Crippen LogP contribution in [0.25, 0.3) is 0 Å². The van der Waals surface area contributed by atoms with Crippen molar-refractivity contribution in [2.24, 2.45) is 0 Å². The summed E-state index contributed by atoms with van der Waals surface area (Å²) in [7, 11) is 0. The number of carbonyl (C=O) groups is 1. The first kappa shape index (κ1) is 20.3. The number of piperidine rings is 1. The van der Waals surface area contributed by atoms with Crippen LogP contribution in [0.4, 0.5) is 0 Å². The Kier molecular flexibility index (Phi) is 8.11. The summed E-state index contributed by atoms with van der Waals surface area (Å²) in [5.41, 5.74) is 1.42. The molecular weight excluding hydrogens is 338 g/mol. The second-order valence-electron chi connectivity index (χ2n) is 8.07. The minimum atomic E-state index is -0.667. The number of benzene rings is 1. The first-order chi connectivity index (χ1) is 13.2. The van der Waals surface area contributed by atoms with Crippen LogP contribution < -0.4 is 0 Å². The van der Waals surface area contributed by atoms with E-state index >= 15 is 0 Å². The van der Waals surface area contributed by atoms with E-state index in [1.54, 1.807) is 0 Å². The summed E-state index contributed by atoms with van der Waals surface area (Å²) in [6.45, 7) is 9.38. The Morgan fingerprint density at radius 3 is 2.26 bits per heavy atom. The Hall–Kier alpha value is -1.43. The molecule has 150 valence electrons. The normalized spacial score (nSPS) is 20.7. The van der Waals surface area contributed by atoms with Crippen molar-refractivity contribution in [2.75, 3.05) is 45.8 Å². The van der Waals surface area contributed by atoms with Crippen LogP contribution in [0.15, 0.2) is 30.3 Å². The molecule has 2 aliphatic rings. The van der Waals surface area contributed by atoms with Gasteiger partial charge in [0.2, 0.25) is 0 Å². The summed E-state index contributed by atoms with van der Waals surface area (Å²) in [4.78, 5) is 18.4. The molecule has 2 aliphatic heterocycles. The Balaban J connectivity index is 1.29. The summed E-state index contributed by atoms with van der Waals surface area (Å²) in [6, 6.07) is 11.6. The predicted octanol–water partition coefficient (Wildman–Crippen LogP) is 2.91. The predicted molar refractivity (Wildman–Crippen MR) is 109 cm³/mol. The molecule has 1 aromatic rings. The van der Waals surface area contributed by atoms with Gasteiger partial charge in [-0.1, -0.05) is 36.8 Å². The number of hydrogen-bond acceptors (Lipinski definition) is 4. The van der Waals surface area contributed by atoms with E-state index in [0.29, 0.717) is 6.42 Å². The van der Waals surface area contributed by atoms with Crippen molar-refractivity contribution >= 4 is 5.97 Å². The molecule has 2 heterocycles. The molecule has 0 radical (unpaired) electrons. The van der Waals surface area contributed by atoms with Gasteiger partial charge >= 0.3 is 5.97 Å². The zero-order valence-electron chi connectivity index (χ0n) is 16.6. The van der Waals surface area contributed by atoms with Gasteiger partial charge in [-0.2, -0.15) is 0 Å². The Labute approximate surface area is 163 Å². The fourth-order valence-corrected chi connectivity index (χ4v) is 4.42. The molecule has 0 bridgehead atoms. The van der Waals surface area contributed by atoms with Crippen LogP contribution in [0.5, 0.6) is 0 Å². The molecule has 5 nitrogen and oxygen atoms in total. The van der Waals surface area contributed by atoms with Crippen LogP contribution in [0.2, 0.25) is 0 Å². The quantitative estimate of drug-likeness (QED) is 0.675. The third-order valence-corrected chi connectivity index (χ3v) is 6.09. The molecule has 2 fully saturated rings. The number of rotatable bonds is 9. The third kappa shape index (κ3) is 6.91. The van der Waals surface area contributed by atoms with Gasteiger partial charge in [-0.3, -0.25) is 14.6 Å². The number of aliphatic carboxylic acids is 1. The molecule has 0 aliphatic carbocycles. The first-order valence-corrected chi connectivity index (χ1v) is 10.7. The average molecular weight is 374 g/mol. The standard InChI is InChI=1S/C22H35N3O2/c26-22(27)9-5-2-6-12-23-13-10-21(11-14-23)25-17-15-24(16-18-25)19-20-7-3-1-4-8-20/h1,3-4,7-8,21H,2,5-6,9-19H2,(H,26,27). The Bertz CT molecular complexity index is 550. The van der Waals surface area contributed by atoms with Crippen molar-refractivity contribution in [2.45, 2.75) is 51.1 Å². The Morgan fingerprint density at radius 2 is 1.59 bits per heavy atom. The van der Waals surface area contributed by atoms with Crippen molar-refractivity contribution in [1.82, 2.24) is 14.7 Å². The maximum Gasteiger partial charge on any atom is 0.303 e. The van der Waals surface area contributed by atoms with E-state index in [-0.39, 0.29) is 0 Å². The van der Waals surface area contributed by atoms with Crippen LogP contribution in [0.1, 0.15) is 44.1 Å². The lowest BCUT2D eigenvalue weighted by Gasteiger charge is -2.43. The third-order valence-electron chi connectivity index (χ3n) is 6.09. The summed E-state index contributed by atoms with van der Waals surface area (Å²) in [5.74, 6) is -0.667. The fraction of sp³-hybridized carbons (Fsp3) is 0.682. The van der Waals surface area contributed by atoms with E-state index < -0.39 is 5.97 Å². The van der Waals surface area contributed by atoms with Crippen molar-refractivity contribution in [3.63, 3.8) is 0 Å². The highest BCUT2D eigenvalue weighted by Gasteiger charge is 2.27. The Morgan fingerprint density at radius 1 is 0.889 bits per heavy atom. The molecule has 0 aromatic heterocycles. The van der Waals surface area contributed by atoms with Crippen LogP contribution in [0.3, 0.4) is 0 Å². The number of hydrogen-bond donors (Lipinski definition) is 1. The molecule has 0 saturated carbocycles. The minimum absolute atomic E-state index is 0.318.